The molecule has 122 valence electrons. The van der Waals surface area contributed by atoms with Crippen LogP contribution in [0.2, 0.25) is 0 Å². The van der Waals surface area contributed by atoms with Gasteiger partial charge in [0.2, 0.25) is 5.91 Å². The maximum absolute atomic E-state index is 12.5. The summed E-state index contributed by atoms with van der Waals surface area (Å²) in [6, 6.07) is 0. The van der Waals surface area contributed by atoms with Crippen molar-refractivity contribution in [3.05, 3.63) is 24.3 Å². The maximum Gasteiger partial charge on any atom is 0.274 e. The Morgan fingerprint density at radius 3 is 2.64 bits per heavy atom. The van der Waals surface area contributed by atoms with Crippen LogP contribution in [0, 0.1) is 5.92 Å². The Morgan fingerprint density at radius 1 is 1.27 bits per heavy atom. The van der Waals surface area contributed by atoms with Crippen LogP contribution in [-0.4, -0.2) is 46.3 Å². The Bertz CT molecular complexity index is 462. The number of rotatable bonds is 9. The first kappa shape index (κ1) is 18.1. The summed E-state index contributed by atoms with van der Waals surface area (Å²) in [6.45, 7) is 7.92. The molecule has 0 saturated carbocycles. The summed E-state index contributed by atoms with van der Waals surface area (Å²) in [7, 11) is 0. The summed E-state index contributed by atoms with van der Waals surface area (Å²) in [4.78, 5) is 33.9. The molecule has 0 bridgehead atoms. The van der Waals surface area contributed by atoms with Crippen LogP contribution in [0.5, 0.6) is 0 Å². The maximum atomic E-state index is 12.5. The summed E-state index contributed by atoms with van der Waals surface area (Å²) in [5, 5.41) is 2.83. The second kappa shape index (κ2) is 9.87. The lowest BCUT2D eigenvalue weighted by Crippen LogP contribution is -2.37. The van der Waals surface area contributed by atoms with Gasteiger partial charge >= 0.3 is 0 Å². The molecule has 0 radical (unpaired) electrons. The summed E-state index contributed by atoms with van der Waals surface area (Å²) in [6.07, 6.45) is 6.60. The van der Waals surface area contributed by atoms with Gasteiger partial charge in [-0.05, 0) is 18.8 Å². The van der Waals surface area contributed by atoms with Crippen LogP contribution in [0.25, 0.3) is 0 Å². The first-order valence-electron chi connectivity index (χ1n) is 7.86. The fraction of sp³-hybridized carbons (Fsp3) is 0.625. The minimum atomic E-state index is -0.169. The zero-order chi connectivity index (χ0) is 16.4. The zero-order valence-electron chi connectivity index (χ0n) is 13.7. The third-order valence-corrected chi connectivity index (χ3v) is 3.23. The lowest BCUT2D eigenvalue weighted by molar-refractivity contribution is -0.121. The van der Waals surface area contributed by atoms with Crippen molar-refractivity contribution in [3.8, 4) is 0 Å². The van der Waals surface area contributed by atoms with Crippen molar-refractivity contribution in [3.63, 3.8) is 0 Å². The molecule has 0 spiro atoms. The number of aromatic nitrogens is 2. The third-order valence-electron chi connectivity index (χ3n) is 3.23. The number of hydrogen-bond donors (Lipinski definition) is 1. The monoisotopic (exact) mass is 306 g/mol. The number of nitrogens with zero attached hydrogens (tertiary/aromatic N) is 3. The molecule has 1 N–H and O–H groups in total. The predicted molar refractivity (Wildman–Crippen MR) is 85.3 cm³/mol. The number of amides is 2. The second-order valence-electron chi connectivity index (χ2n) is 5.67. The van der Waals surface area contributed by atoms with Crippen LogP contribution >= 0.6 is 0 Å². The van der Waals surface area contributed by atoms with Gasteiger partial charge in [-0.1, -0.05) is 20.8 Å². The quantitative estimate of drug-likeness (QED) is 0.756. The normalized spacial score (nSPS) is 10.5. The van der Waals surface area contributed by atoms with E-state index in [0.717, 1.165) is 12.8 Å². The van der Waals surface area contributed by atoms with Crippen molar-refractivity contribution in [1.29, 1.82) is 0 Å². The smallest absolute Gasteiger partial charge is 0.274 e. The molecular formula is C16H26N4O2. The average molecular weight is 306 g/mol. The van der Waals surface area contributed by atoms with Gasteiger partial charge in [0.25, 0.3) is 5.91 Å². The van der Waals surface area contributed by atoms with E-state index in [1.807, 2.05) is 6.92 Å². The van der Waals surface area contributed by atoms with E-state index >= 15 is 0 Å². The third kappa shape index (κ3) is 6.65. The molecule has 0 aliphatic heterocycles. The van der Waals surface area contributed by atoms with Crippen molar-refractivity contribution in [2.75, 3.05) is 19.6 Å². The van der Waals surface area contributed by atoms with Gasteiger partial charge in [0.05, 0.1) is 6.20 Å². The van der Waals surface area contributed by atoms with Crippen LogP contribution in [0.1, 0.15) is 50.5 Å². The summed E-state index contributed by atoms with van der Waals surface area (Å²) >= 11 is 0. The molecule has 1 aromatic rings. The molecule has 0 aromatic carbocycles. The summed E-state index contributed by atoms with van der Waals surface area (Å²) in [5.41, 5.74) is 0.320. The largest absolute Gasteiger partial charge is 0.356 e. The molecule has 0 fully saturated rings. The number of hydrogen-bond acceptors (Lipinski definition) is 4. The van der Waals surface area contributed by atoms with E-state index in [1.165, 1.54) is 18.6 Å². The second-order valence-corrected chi connectivity index (χ2v) is 5.67. The van der Waals surface area contributed by atoms with Gasteiger partial charge in [-0.2, -0.15) is 0 Å². The van der Waals surface area contributed by atoms with Gasteiger partial charge in [-0.15, -0.1) is 0 Å². The molecule has 0 unspecified atom stereocenters. The lowest BCUT2D eigenvalue weighted by atomic mass is 10.1. The Balaban J connectivity index is 2.63. The van der Waals surface area contributed by atoms with E-state index in [4.69, 9.17) is 0 Å². The van der Waals surface area contributed by atoms with Gasteiger partial charge < -0.3 is 10.2 Å². The highest BCUT2D eigenvalue weighted by molar-refractivity contribution is 5.92. The average Bonchev–Trinajstić information content (AvgIpc) is 2.53. The number of nitrogens with one attached hydrogen (secondary N) is 1. The molecule has 1 heterocycles. The molecule has 2 amide bonds. The molecule has 22 heavy (non-hydrogen) atoms. The van der Waals surface area contributed by atoms with Crippen molar-refractivity contribution >= 4 is 11.8 Å². The first-order chi connectivity index (χ1) is 10.5. The molecule has 1 aromatic heterocycles. The Hall–Kier alpha value is -1.98. The highest BCUT2D eigenvalue weighted by Crippen LogP contribution is 2.07. The molecule has 0 aliphatic carbocycles. The molecule has 6 heteroatoms. The SMILES string of the molecule is CCCNC(=O)CCN(CCC(C)C)C(=O)c1cnccn1. The topological polar surface area (TPSA) is 75.2 Å². The van der Waals surface area contributed by atoms with E-state index in [1.54, 1.807) is 4.90 Å². The van der Waals surface area contributed by atoms with Crippen molar-refractivity contribution < 1.29 is 9.59 Å². The van der Waals surface area contributed by atoms with E-state index < -0.39 is 0 Å². The van der Waals surface area contributed by atoms with Gasteiger partial charge in [-0.3, -0.25) is 14.6 Å². The van der Waals surface area contributed by atoms with E-state index in [-0.39, 0.29) is 11.8 Å². The molecular weight excluding hydrogens is 280 g/mol. The Labute approximate surface area is 132 Å². The zero-order valence-corrected chi connectivity index (χ0v) is 13.7. The first-order valence-corrected chi connectivity index (χ1v) is 7.86. The standard InChI is InChI=1S/C16H26N4O2/c1-4-7-19-15(21)6-11-20(10-5-13(2)3)16(22)14-12-17-8-9-18-14/h8-9,12-13H,4-7,10-11H2,1-3H3,(H,19,21). The van der Waals surface area contributed by atoms with Crippen molar-refractivity contribution in [1.82, 2.24) is 20.2 Å². The van der Waals surface area contributed by atoms with Gasteiger partial charge in [-0.25, -0.2) is 4.98 Å². The molecule has 0 atom stereocenters. The van der Waals surface area contributed by atoms with Gasteiger partial charge in [0.15, 0.2) is 0 Å². The fourth-order valence-electron chi connectivity index (χ4n) is 1.89. The number of carbonyl (C=O) groups excluding carboxylic acids is 2. The summed E-state index contributed by atoms with van der Waals surface area (Å²) < 4.78 is 0. The van der Waals surface area contributed by atoms with Crippen LogP contribution in [0.15, 0.2) is 18.6 Å². The highest BCUT2D eigenvalue weighted by atomic mass is 16.2. The number of carbonyl (C=O) groups is 2. The summed E-state index contributed by atoms with van der Waals surface area (Å²) in [5.74, 6) is 0.298. The van der Waals surface area contributed by atoms with Crippen LogP contribution in [-0.2, 0) is 4.79 Å². The Morgan fingerprint density at radius 2 is 2.05 bits per heavy atom. The Kier molecular flexibility index (Phi) is 8.10. The fourth-order valence-corrected chi connectivity index (χ4v) is 1.89. The molecule has 0 aliphatic rings. The van der Waals surface area contributed by atoms with Crippen LogP contribution in [0.3, 0.4) is 0 Å². The van der Waals surface area contributed by atoms with E-state index in [9.17, 15) is 9.59 Å². The van der Waals surface area contributed by atoms with E-state index in [2.05, 4.69) is 29.1 Å². The van der Waals surface area contributed by atoms with Crippen LogP contribution < -0.4 is 5.32 Å². The molecule has 6 nitrogen and oxygen atoms in total. The molecule has 0 saturated heterocycles. The van der Waals surface area contributed by atoms with Gasteiger partial charge in [0, 0.05) is 38.4 Å². The molecule has 1 rings (SSSR count). The highest BCUT2D eigenvalue weighted by Gasteiger charge is 2.18. The lowest BCUT2D eigenvalue weighted by Gasteiger charge is -2.23. The van der Waals surface area contributed by atoms with Crippen LogP contribution in [0.4, 0.5) is 0 Å². The van der Waals surface area contributed by atoms with Crippen molar-refractivity contribution in [2.24, 2.45) is 5.92 Å². The van der Waals surface area contributed by atoms with Gasteiger partial charge in [0.1, 0.15) is 5.69 Å². The predicted octanol–water partition coefficient (Wildman–Crippen LogP) is 1.88. The van der Waals surface area contributed by atoms with Crippen molar-refractivity contribution in [2.45, 2.75) is 40.0 Å². The minimum absolute atomic E-state index is 0.0247. The minimum Gasteiger partial charge on any atom is -0.356 e. The van der Waals surface area contributed by atoms with E-state index in [0.29, 0.717) is 37.7 Å².